The van der Waals surface area contributed by atoms with Crippen LogP contribution < -0.4 is 15.4 Å². The number of sulfonamides is 1. The predicted octanol–water partition coefficient (Wildman–Crippen LogP) is 3.34. The molecule has 0 aromatic carbocycles. The van der Waals surface area contributed by atoms with Crippen LogP contribution in [-0.4, -0.2) is 61.3 Å². The highest BCUT2D eigenvalue weighted by Gasteiger charge is 2.31. The molecule has 2 aromatic heterocycles. The zero-order chi connectivity index (χ0) is 25.0. The third-order valence-corrected chi connectivity index (χ3v) is 7.53. The van der Waals surface area contributed by atoms with Gasteiger partial charge in [0.1, 0.15) is 17.3 Å². The van der Waals surface area contributed by atoms with E-state index < -0.39 is 10.0 Å². The topological polar surface area (TPSA) is 135 Å². The lowest BCUT2D eigenvalue weighted by atomic mass is 10.0. The summed E-state index contributed by atoms with van der Waals surface area (Å²) in [4.78, 5) is 25.8. The molecule has 0 bridgehead atoms. The third kappa shape index (κ3) is 7.23. The van der Waals surface area contributed by atoms with E-state index in [1.54, 1.807) is 12.3 Å². The number of hydrogen-bond donors (Lipinski definition) is 3. The van der Waals surface area contributed by atoms with E-state index in [1.165, 1.54) is 6.20 Å². The molecule has 0 spiro atoms. The lowest BCUT2D eigenvalue weighted by Crippen LogP contribution is -2.32. The Kier molecular flexibility index (Phi) is 8.43. The van der Waals surface area contributed by atoms with Crippen LogP contribution in [0.1, 0.15) is 32.1 Å². The van der Waals surface area contributed by atoms with Crippen molar-refractivity contribution in [3.8, 4) is 11.3 Å². The number of nitrogens with zero attached hydrogens (tertiary/aromatic N) is 3. The number of carbonyl (C=O) groups excluding carboxylic acids is 1. The largest absolute Gasteiger partial charge is 0.381 e. The van der Waals surface area contributed by atoms with Crippen LogP contribution in [0.5, 0.6) is 0 Å². The van der Waals surface area contributed by atoms with Gasteiger partial charge in [0.15, 0.2) is 5.15 Å². The third-order valence-electron chi connectivity index (χ3n) is 6.19. The summed E-state index contributed by atoms with van der Waals surface area (Å²) < 4.78 is 30.9. The summed E-state index contributed by atoms with van der Waals surface area (Å²) in [5.41, 5.74) is 0.872. The van der Waals surface area contributed by atoms with E-state index in [-0.39, 0.29) is 23.0 Å². The van der Waals surface area contributed by atoms with Crippen molar-refractivity contribution in [1.82, 2.24) is 19.7 Å². The molecule has 2 fully saturated rings. The number of amides is 1. The van der Waals surface area contributed by atoms with Crippen molar-refractivity contribution < 1.29 is 17.9 Å². The number of carbonyl (C=O) groups is 1. The lowest BCUT2D eigenvalue weighted by molar-refractivity contribution is -0.119. The van der Waals surface area contributed by atoms with E-state index in [2.05, 4.69) is 30.3 Å². The highest BCUT2D eigenvalue weighted by molar-refractivity contribution is 7.88. The van der Waals surface area contributed by atoms with E-state index in [9.17, 15) is 13.2 Å². The van der Waals surface area contributed by atoms with Gasteiger partial charge in [-0.15, -0.1) is 0 Å². The SMILES string of the molecule is CS(=O)(=O)N[C@@H]1CC[C@H](C(=O)Nc2cc(-c3nc(NCC4CCOCC4)cnc3Cl)c(Cl)cn2)C1. The molecule has 1 amide bonds. The van der Waals surface area contributed by atoms with Gasteiger partial charge in [0.25, 0.3) is 0 Å². The number of anilines is 2. The first-order valence-corrected chi connectivity index (χ1v) is 14.1. The molecular weight excluding hydrogens is 515 g/mol. The average Bonchev–Trinajstić information content (AvgIpc) is 3.27. The Balaban J connectivity index is 1.45. The van der Waals surface area contributed by atoms with Crippen LogP contribution in [0, 0.1) is 11.8 Å². The van der Waals surface area contributed by atoms with Gasteiger partial charge in [-0.05, 0) is 44.1 Å². The van der Waals surface area contributed by atoms with Gasteiger partial charge in [0, 0.05) is 43.5 Å². The maximum atomic E-state index is 12.8. The molecule has 3 heterocycles. The fourth-order valence-corrected chi connectivity index (χ4v) is 5.58. The van der Waals surface area contributed by atoms with Crippen LogP contribution in [0.2, 0.25) is 10.2 Å². The monoisotopic (exact) mass is 542 g/mol. The number of ether oxygens (including phenoxy) is 1. The van der Waals surface area contributed by atoms with Crippen molar-refractivity contribution in [2.45, 2.75) is 38.1 Å². The van der Waals surface area contributed by atoms with Crippen molar-refractivity contribution in [3.05, 3.63) is 28.6 Å². The lowest BCUT2D eigenvalue weighted by Gasteiger charge is -2.22. The number of rotatable bonds is 8. The number of halogens is 2. The van der Waals surface area contributed by atoms with Gasteiger partial charge < -0.3 is 15.4 Å². The average molecular weight is 543 g/mol. The number of nitrogens with one attached hydrogen (secondary N) is 3. The number of hydrogen-bond acceptors (Lipinski definition) is 8. The maximum absolute atomic E-state index is 12.8. The smallest absolute Gasteiger partial charge is 0.228 e. The number of aromatic nitrogens is 3. The first kappa shape index (κ1) is 26.0. The zero-order valence-corrected chi connectivity index (χ0v) is 21.6. The van der Waals surface area contributed by atoms with Crippen molar-refractivity contribution in [2.75, 3.05) is 36.6 Å². The fraction of sp³-hybridized carbons (Fsp3) is 0.545. The highest BCUT2D eigenvalue weighted by Crippen LogP contribution is 2.33. The fourth-order valence-electron chi connectivity index (χ4n) is 4.38. The minimum absolute atomic E-state index is 0.178. The molecule has 35 heavy (non-hydrogen) atoms. The van der Waals surface area contributed by atoms with Crippen LogP contribution >= 0.6 is 23.2 Å². The molecule has 1 aliphatic heterocycles. The first-order valence-electron chi connectivity index (χ1n) is 11.5. The molecule has 190 valence electrons. The second kappa shape index (κ2) is 11.3. The van der Waals surface area contributed by atoms with Crippen LogP contribution in [0.3, 0.4) is 0 Å². The van der Waals surface area contributed by atoms with Gasteiger partial charge in [0.2, 0.25) is 15.9 Å². The quantitative estimate of drug-likeness (QED) is 0.462. The molecule has 2 aliphatic rings. The summed E-state index contributed by atoms with van der Waals surface area (Å²) in [6, 6.07) is 1.36. The molecule has 3 N–H and O–H groups in total. The first-order chi connectivity index (χ1) is 16.7. The summed E-state index contributed by atoms with van der Waals surface area (Å²) in [7, 11) is -3.32. The zero-order valence-electron chi connectivity index (χ0n) is 19.3. The van der Waals surface area contributed by atoms with Crippen molar-refractivity contribution in [3.63, 3.8) is 0 Å². The summed E-state index contributed by atoms with van der Waals surface area (Å²) >= 11 is 12.7. The maximum Gasteiger partial charge on any atom is 0.228 e. The summed E-state index contributed by atoms with van der Waals surface area (Å²) in [5, 5.41) is 6.61. The molecule has 4 rings (SSSR count). The normalized spacial score (nSPS) is 21.1. The summed E-state index contributed by atoms with van der Waals surface area (Å²) in [6.45, 7) is 2.28. The Bertz CT molecular complexity index is 1180. The van der Waals surface area contributed by atoms with E-state index in [0.29, 0.717) is 53.1 Å². The van der Waals surface area contributed by atoms with E-state index >= 15 is 0 Å². The molecule has 2 aromatic rings. The highest BCUT2D eigenvalue weighted by atomic mass is 35.5. The van der Waals surface area contributed by atoms with Crippen molar-refractivity contribution >= 4 is 50.8 Å². The van der Waals surface area contributed by atoms with E-state index in [4.69, 9.17) is 27.9 Å². The Morgan fingerprint density at radius 2 is 1.89 bits per heavy atom. The Morgan fingerprint density at radius 1 is 1.11 bits per heavy atom. The van der Waals surface area contributed by atoms with E-state index in [0.717, 1.165) is 38.9 Å². The Labute approximate surface area is 214 Å². The van der Waals surface area contributed by atoms with Crippen LogP contribution in [0.15, 0.2) is 18.5 Å². The molecule has 1 saturated heterocycles. The predicted molar refractivity (Wildman–Crippen MR) is 135 cm³/mol. The molecule has 0 unspecified atom stereocenters. The molecule has 10 nitrogen and oxygen atoms in total. The van der Waals surface area contributed by atoms with Crippen molar-refractivity contribution in [2.24, 2.45) is 11.8 Å². The standard InChI is InChI=1S/C22H28Cl2N6O4S/c1-35(32,33)30-15-3-2-14(8-15)22(31)29-18-9-16(17(23)11-26-18)20-21(24)27-12-19(28-20)25-10-13-4-6-34-7-5-13/h9,11-15,30H,2-8,10H2,1H3,(H,25,28)(H,26,29,31)/t14-,15+/m0/s1. The van der Waals surface area contributed by atoms with Gasteiger partial charge in [-0.25, -0.2) is 28.1 Å². The van der Waals surface area contributed by atoms with Crippen LogP contribution in [-0.2, 0) is 19.6 Å². The van der Waals surface area contributed by atoms with Gasteiger partial charge in [0.05, 0.1) is 17.5 Å². The molecule has 1 saturated carbocycles. The molecule has 13 heteroatoms. The van der Waals surface area contributed by atoms with E-state index in [1.807, 2.05) is 0 Å². The number of pyridine rings is 1. The Hall–Kier alpha value is -2.05. The second-order valence-electron chi connectivity index (χ2n) is 8.97. The van der Waals surface area contributed by atoms with Crippen LogP contribution in [0.4, 0.5) is 11.6 Å². The minimum atomic E-state index is -3.32. The molecule has 1 aliphatic carbocycles. The van der Waals surface area contributed by atoms with Gasteiger partial charge >= 0.3 is 0 Å². The Morgan fingerprint density at radius 3 is 2.63 bits per heavy atom. The van der Waals surface area contributed by atoms with Gasteiger partial charge in [-0.3, -0.25) is 4.79 Å². The second-order valence-corrected chi connectivity index (χ2v) is 11.5. The van der Waals surface area contributed by atoms with Gasteiger partial charge in [-0.1, -0.05) is 23.2 Å². The summed E-state index contributed by atoms with van der Waals surface area (Å²) in [5.74, 6) is 0.819. The molecule has 0 radical (unpaired) electrons. The molecule has 2 atom stereocenters. The summed E-state index contributed by atoms with van der Waals surface area (Å²) in [6.07, 6.45) is 7.71. The molecular formula is C22H28Cl2N6O4S. The van der Waals surface area contributed by atoms with Crippen LogP contribution in [0.25, 0.3) is 11.3 Å². The van der Waals surface area contributed by atoms with Crippen molar-refractivity contribution in [1.29, 1.82) is 0 Å². The minimum Gasteiger partial charge on any atom is -0.381 e. The van der Waals surface area contributed by atoms with Gasteiger partial charge in [-0.2, -0.15) is 0 Å².